The number of halogens is 2. The zero-order chi connectivity index (χ0) is 22.1. The number of hydrogen-bond donors (Lipinski definition) is 1. The minimum absolute atomic E-state index is 0.232. The minimum atomic E-state index is -0.863. The zero-order valence-corrected chi connectivity index (χ0v) is 20.8. The molecule has 0 saturated heterocycles. The topological polar surface area (TPSA) is 102 Å². The summed E-state index contributed by atoms with van der Waals surface area (Å²) < 4.78 is 12.2. The number of aromatic nitrogens is 2. The van der Waals surface area contributed by atoms with Crippen molar-refractivity contribution in [2.45, 2.75) is 59.3 Å². The first-order valence-electron chi connectivity index (χ1n) is 8.78. The summed E-state index contributed by atoms with van der Waals surface area (Å²) in [7, 11) is 0. The molecule has 1 aromatic carbocycles. The van der Waals surface area contributed by atoms with Crippen molar-refractivity contribution >= 4 is 61.5 Å². The van der Waals surface area contributed by atoms with E-state index in [1.54, 1.807) is 53.7 Å². The van der Waals surface area contributed by atoms with E-state index in [1.165, 1.54) is 0 Å². The second-order valence-corrected chi connectivity index (χ2v) is 10.4. The molecular weight excluding hydrogens is 557 g/mol. The summed E-state index contributed by atoms with van der Waals surface area (Å²) in [5.74, 6) is 0. The van der Waals surface area contributed by atoms with Gasteiger partial charge < -0.3 is 9.47 Å². The Morgan fingerprint density at radius 2 is 1.62 bits per heavy atom. The fourth-order valence-electron chi connectivity index (χ4n) is 2.37. The van der Waals surface area contributed by atoms with Crippen molar-refractivity contribution in [2.24, 2.45) is 0 Å². The van der Waals surface area contributed by atoms with Crippen LogP contribution in [0.5, 0.6) is 0 Å². The van der Waals surface area contributed by atoms with Crippen LogP contribution in [0.4, 0.5) is 9.59 Å². The lowest BCUT2D eigenvalue weighted by atomic mass is 10.1. The van der Waals surface area contributed by atoms with Gasteiger partial charge in [-0.05, 0) is 76.3 Å². The zero-order valence-electron chi connectivity index (χ0n) is 17.1. The molecular formula is C19H23BrIN3O5. The molecule has 158 valence electrons. The van der Waals surface area contributed by atoms with Crippen molar-refractivity contribution in [1.29, 1.82) is 0 Å². The Hall–Kier alpha value is -1.69. The van der Waals surface area contributed by atoms with Crippen LogP contribution in [0.15, 0.2) is 21.4 Å². The van der Waals surface area contributed by atoms with Gasteiger partial charge >= 0.3 is 12.2 Å². The van der Waals surface area contributed by atoms with Crippen molar-refractivity contribution < 1.29 is 19.1 Å². The van der Waals surface area contributed by atoms with E-state index >= 15 is 0 Å². The van der Waals surface area contributed by atoms with E-state index < -0.39 is 23.4 Å². The molecule has 29 heavy (non-hydrogen) atoms. The molecule has 2 rings (SSSR count). The largest absolute Gasteiger partial charge is 0.443 e. The van der Waals surface area contributed by atoms with Crippen LogP contribution < -0.4 is 5.56 Å². The number of H-pyrrole nitrogens is 1. The van der Waals surface area contributed by atoms with Crippen molar-refractivity contribution in [3.8, 4) is 0 Å². The number of carbonyl (C=O) groups is 2. The lowest BCUT2D eigenvalue weighted by Crippen LogP contribution is -2.43. The second-order valence-electron chi connectivity index (χ2n) is 8.36. The molecule has 0 spiro atoms. The third-order valence-corrected chi connectivity index (χ3v) is 4.73. The summed E-state index contributed by atoms with van der Waals surface area (Å²) >= 11 is 5.45. The van der Waals surface area contributed by atoms with E-state index in [0.717, 1.165) is 9.37 Å². The molecule has 0 atom stereocenters. The molecule has 0 aliphatic rings. The molecule has 1 N–H and O–H groups in total. The highest BCUT2D eigenvalue weighted by Gasteiger charge is 2.32. The number of benzene rings is 1. The number of carbonyl (C=O) groups excluding carboxylic acids is 2. The standard InChI is InChI=1S/C19H23BrIN3O5/c1-18(2,3)28-16(26)24(17(27)29-19(4,5)6)9-13-11-7-10(20)8-12(21)14(11)15(25)23-22-13/h7-8H,9H2,1-6H3,(H,23,25). The lowest BCUT2D eigenvalue weighted by Gasteiger charge is -2.28. The van der Waals surface area contributed by atoms with Crippen LogP contribution in [-0.4, -0.2) is 38.5 Å². The Labute approximate surface area is 190 Å². The van der Waals surface area contributed by atoms with E-state index in [2.05, 4.69) is 26.1 Å². The van der Waals surface area contributed by atoms with E-state index in [9.17, 15) is 14.4 Å². The van der Waals surface area contributed by atoms with Gasteiger partial charge in [0.2, 0.25) is 0 Å². The van der Waals surface area contributed by atoms with Gasteiger partial charge in [-0.1, -0.05) is 15.9 Å². The Morgan fingerprint density at radius 3 is 2.10 bits per heavy atom. The molecule has 0 radical (unpaired) electrons. The van der Waals surface area contributed by atoms with Gasteiger partial charge in [-0.15, -0.1) is 0 Å². The van der Waals surface area contributed by atoms with Gasteiger partial charge in [0.1, 0.15) is 11.2 Å². The molecule has 1 aromatic heterocycles. The summed E-state index contributed by atoms with van der Waals surface area (Å²) in [6, 6.07) is 3.51. The van der Waals surface area contributed by atoms with Gasteiger partial charge in [0.05, 0.1) is 17.6 Å². The maximum absolute atomic E-state index is 12.7. The molecule has 0 fully saturated rings. The summed E-state index contributed by atoms with van der Waals surface area (Å²) in [5, 5.41) is 7.44. The molecule has 0 saturated carbocycles. The van der Waals surface area contributed by atoms with Gasteiger partial charge in [-0.25, -0.2) is 19.6 Å². The highest BCUT2D eigenvalue weighted by Crippen LogP contribution is 2.26. The maximum Gasteiger partial charge on any atom is 0.420 e. The monoisotopic (exact) mass is 579 g/mol. The number of amides is 2. The number of imide groups is 1. The van der Waals surface area contributed by atoms with Crippen molar-refractivity contribution in [3.63, 3.8) is 0 Å². The Morgan fingerprint density at radius 1 is 1.10 bits per heavy atom. The van der Waals surface area contributed by atoms with Crippen LogP contribution in [0.1, 0.15) is 47.2 Å². The number of fused-ring (bicyclic) bond motifs is 1. The van der Waals surface area contributed by atoms with Crippen LogP contribution in [-0.2, 0) is 16.0 Å². The van der Waals surface area contributed by atoms with Gasteiger partial charge in [-0.2, -0.15) is 5.10 Å². The summed E-state index contributed by atoms with van der Waals surface area (Å²) in [6.45, 7) is 9.97. The maximum atomic E-state index is 12.7. The van der Waals surface area contributed by atoms with E-state index in [0.29, 0.717) is 20.0 Å². The molecule has 1 heterocycles. The van der Waals surface area contributed by atoms with Crippen molar-refractivity contribution in [2.75, 3.05) is 0 Å². The van der Waals surface area contributed by atoms with Crippen LogP contribution in [0.2, 0.25) is 0 Å². The molecule has 2 aromatic rings. The number of nitrogens with zero attached hydrogens (tertiary/aromatic N) is 2. The van der Waals surface area contributed by atoms with Crippen LogP contribution in [0.3, 0.4) is 0 Å². The Balaban J connectivity index is 2.53. The minimum Gasteiger partial charge on any atom is -0.443 e. The quantitative estimate of drug-likeness (QED) is 0.504. The van der Waals surface area contributed by atoms with E-state index in [1.807, 2.05) is 22.6 Å². The normalized spacial score (nSPS) is 12.0. The fraction of sp³-hybridized carbons (Fsp3) is 0.474. The van der Waals surface area contributed by atoms with Gasteiger partial charge in [-0.3, -0.25) is 4.79 Å². The molecule has 0 aliphatic carbocycles. The number of ether oxygens (including phenoxy) is 2. The first-order chi connectivity index (χ1) is 13.2. The molecule has 8 nitrogen and oxygen atoms in total. The second kappa shape index (κ2) is 8.58. The fourth-order valence-corrected chi connectivity index (χ4v) is 4.13. The lowest BCUT2D eigenvalue weighted by molar-refractivity contribution is -0.000425. The number of nitrogens with one attached hydrogen (secondary N) is 1. The van der Waals surface area contributed by atoms with Crippen LogP contribution >= 0.6 is 38.5 Å². The summed E-state index contributed by atoms with van der Waals surface area (Å²) in [5.41, 5.74) is -1.65. The van der Waals surface area contributed by atoms with Gasteiger partial charge in [0.15, 0.2) is 0 Å². The van der Waals surface area contributed by atoms with Crippen LogP contribution in [0.25, 0.3) is 10.8 Å². The third kappa shape index (κ3) is 6.39. The highest BCUT2D eigenvalue weighted by atomic mass is 127. The predicted octanol–water partition coefficient (Wildman–Crippen LogP) is 4.96. The smallest absolute Gasteiger partial charge is 0.420 e. The number of aromatic amines is 1. The van der Waals surface area contributed by atoms with E-state index in [4.69, 9.17) is 9.47 Å². The number of hydrogen-bond acceptors (Lipinski definition) is 6. The summed E-state index contributed by atoms with van der Waals surface area (Å²) in [4.78, 5) is 38.5. The average molecular weight is 580 g/mol. The predicted molar refractivity (Wildman–Crippen MR) is 121 cm³/mol. The van der Waals surface area contributed by atoms with Crippen molar-refractivity contribution in [1.82, 2.24) is 15.1 Å². The molecule has 0 bridgehead atoms. The number of rotatable bonds is 2. The molecule has 2 amide bonds. The summed E-state index contributed by atoms with van der Waals surface area (Å²) in [6.07, 6.45) is -1.73. The molecule has 0 aliphatic heterocycles. The first kappa shape index (κ1) is 23.6. The highest BCUT2D eigenvalue weighted by molar-refractivity contribution is 14.1. The Kier molecular flexibility index (Phi) is 6.98. The van der Waals surface area contributed by atoms with Gasteiger partial charge in [0.25, 0.3) is 5.56 Å². The SMILES string of the molecule is CC(C)(C)OC(=O)N(Cc1n[nH]c(=O)c2c(I)cc(Br)cc12)C(=O)OC(C)(C)C. The molecule has 0 unspecified atom stereocenters. The Bertz CT molecular complexity index is 980. The van der Waals surface area contributed by atoms with Gasteiger partial charge in [0, 0.05) is 13.4 Å². The third-order valence-electron chi connectivity index (χ3n) is 3.42. The van der Waals surface area contributed by atoms with Crippen molar-refractivity contribution in [3.05, 3.63) is 36.2 Å². The molecule has 10 heteroatoms. The van der Waals surface area contributed by atoms with E-state index in [-0.39, 0.29) is 12.1 Å². The first-order valence-corrected chi connectivity index (χ1v) is 10.6. The average Bonchev–Trinajstić information content (AvgIpc) is 2.49. The van der Waals surface area contributed by atoms with Crippen LogP contribution in [0, 0.1) is 3.57 Å².